The SMILES string of the molecule is Cc1cc(C(=O)NC23CCC(NC(=O)COc4ccc(Cl)c(Cl)c4)(CC2)C(O)C3)on1. The molecule has 2 amide bonds. The highest BCUT2D eigenvalue weighted by atomic mass is 35.5. The number of rotatable bonds is 6. The molecule has 1 aromatic carbocycles. The number of ether oxygens (including phenoxy) is 1. The lowest BCUT2D eigenvalue weighted by Crippen LogP contribution is -2.70. The van der Waals surface area contributed by atoms with Crippen molar-refractivity contribution in [3.05, 3.63) is 45.8 Å². The van der Waals surface area contributed by atoms with Crippen molar-refractivity contribution in [3.8, 4) is 5.75 Å². The fourth-order valence-corrected chi connectivity index (χ4v) is 4.75. The molecule has 3 N–H and O–H groups in total. The predicted octanol–water partition coefficient (Wildman–Crippen LogP) is 3.03. The number of aliphatic hydroxyl groups is 1. The highest BCUT2D eigenvalue weighted by Crippen LogP contribution is 2.47. The molecule has 3 aliphatic rings. The van der Waals surface area contributed by atoms with E-state index in [1.165, 1.54) is 0 Å². The zero-order valence-corrected chi connectivity index (χ0v) is 18.4. The number of hydrogen-bond acceptors (Lipinski definition) is 6. The third-order valence-electron chi connectivity index (χ3n) is 6.20. The number of hydrogen-bond donors (Lipinski definition) is 3. The standard InChI is InChI=1S/C21H23Cl2N3O5/c1-12-8-16(31-26-12)19(29)25-20-4-6-21(7-5-20,17(27)10-20)24-18(28)11-30-13-2-3-14(22)15(23)9-13/h2-3,8-9,17,27H,4-7,10-11H2,1H3,(H,24,28)(H,25,29). The van der Waals surface area contributed by atoms with Crippen LogP contribution in [0.25, 0.3) is 0 Å². The molecule has 1 aromatic heterocycles. The fourth-order valence-electron chi connectivity index (χ4n) is 4.46. The molecule has 0 spiro atoms. The maximum absolute atomic E-state index is 12.5. The third kappa shape index (κ3) is 4.51. The molecule has 3 saturated carbocycles. The van der Waals surface area contributed by atoms with Crippen molar-refractivity contribution in [2.75, 3.05) is 6.61 Å². The maximum atomic E-state index is 12.5. The summed E-state index contributed by atoms with van der Waals surface area (Å²) in [5.41, 5.74) is -0.632. The summed E-state index contributed by atoms with van der Waals surface area (Å²) in [5, 5.41) is 21.3. The lowest BCUT2D eigenvalue weighted by molar-refractivity contribution is -0.132. The topological polar surface area (TPSA) is 114 Å². The molecule has 0 aliphatic heterocycles. The van der Waals surface area contributed by atoms with E-state index in [-0.39, 0.29) is 24.2 Å². The van der Waals surface area contributed by atoms with Gasteiger partial charge >= 0.3 is 0 Å². The first-order chi connectivity index (χ1) is 14.7. The van der Waals surface area contributed by atoms with Gasteiger partial charge in [0, 0.05) is 17.7 Å². The Bertz CT molecular complexity index is 1000. The van der Waals surface area contributed by atoms with Crippen molar-refractivity contribution in [2.24, 2.45) is 0 Å². The Labute approximate surface area is 189 Å². The Balaban J connectivity index is 1.34. The second-order valence-corrected chi connectivity index (χ2v) is 9.17. The van der Waals surface area contributed by atoms with Crippen LogP contribution in [0.5, 0.6) is 5.75 Å². The minimum atomic E-state index is -0.791. The third-order valence-corrected chi connectivity index (χ3v) is 6.94. The van der Waals surface area contributed by atoms with Gasteiger partial charge in [0.15, 0.2) is 6.61 Å². The molecule has 5 rings (SSSR count). The summed E-state index contributed by atoms with van der Waals surface area (Å²) in [4.78, 5) is 25.0. The minimum Gasteiger partial charge on any atom is -0.484 e. The van der Waals surface area contributed by atoms with E-state index >= 15 is 0 Å². The molecule has 1 atom stereocenters. The van der Waals surface area contributed by atoms with Crippen LogP contribution >= 0.6 is 23.2 Å². The van der Waals surface area contributed by atoms with Crippen LogP contribution in [0.2, 0.25) is 10.0 Å². The van der Waals surface area contributed by atoms with E-state index in [0.29, 0.717) is 53.6 Å². The average Bonchev–Trinajstić information content (AvgIpc) is 3.17. The Kier molecular flexibility index (Phi) is 5.89. The van der Waals surface area contributed by atoms with Gasteiger partial charge < -0.3 is 25.0 Å². The average molecular weight is 468 g/mol. The number of carbonyl (C=O) groups is 2. The van der Waals surface area contributed by atoms with Crippen LogP contribution in [0, 0.1) is 6.92 Å². The second kappa shape index (κ2) is 8.33. The highest BCUT2D eigenvalue weighted by molar-refractivity contribution is 6.42. The molecule has 1 unspecified atom stereocenters. The van der Waals surface area contributed by atoms with Gasteiger partial charge in [-0.3, -0.25) is 9.59 Å². The number of nitrogens with one attached hydrogen (secondary N) is 2. The molecule has 0 saturated heterocycles. The number of amides is 2. The molecule has 31 heavy (non-hydrogen) atoms. The van der Waals surface area contributed by atoms with Crippen molar-refractivity contribution in [1.82, 2.24) is 15.8 Å². The molecule has 3 aliphatic carbocycles. The molecule has 2 aromatic rings. The fraction of sp³-hybridized carbons (Fsp3) is 0.476. The quantitative estimate of drug-likeness (QED) is 0.601. The van der Waals surface area contributed by atoms with Crippen LogP contribution in [-0.4, -0.2) is 45.9 Å². The van der Waals surface area contributed by atoms with E-state index in [1.54, 1.807) is 31.2 Å². The monoisotopic (exact) mass is 467 g/mol. The molecule has 1 heterocycles. The van der Waals surface area contributed by atoms with Gasteiger partial charge in [-0.2, -0.15) is 0 Å². The molecular formula is C21H23Cl2N3O5. The molecule has 10 heteroatoms. The normalized spacial score (nSPS) is 27.0. The van der Waals surface area contributed by atoms with E-state index in [0.717, 1.165) is 0 Å². The largest absolute Gasteiger partial charge is 0.484 e. The van der Waals surface area contributed by atoms with Crippen LogP contribution in [0.1, 0.15) is 48.4 Å². The van der Waals surface area contributed by atoms with Crippen LogP contribution in [0.15, 0.2) is 28.8 Å². The number of benzene rings is 1. The van der Waals surface area contributed by atoms with E-state index in [9.17, 15) is 14.7 Å². The highest BCUT2D eigenvalue weighted by Gasteiger charge is 2.55. The van der Waals surface area contributed by atoms with Gasteiger partial charge in [-0.05, 0) is 51.2 Å². The lowest BCUT2D eigenvalue weighted by Gasteiger charge is -2.56. The van der Waals surface area contributed by atoms with Crippen LogP contribution < -0.4 is 15.4 Å². The molecule has 3 fully saturated rings. The zero-order chi connectivity index (χ0) is 22.2. The van der Waals surface area contributed by atoms with E-state index in [1.807, 2.05) is 0 Å². The molecule has 0 radical (unpaired) electrons. The summed E-state index contributed by atoms with van der Waals surface area (Å²) >= 11 is 11.8. The van der Waals surface area contributed by atoms with Gasteiger partial charge in [0.05, 0.1) is 27.4 Å². The molecule has 2 bridgehead atoms. The lowest BCUT2D eigenvalue weighted by atomic mass is 9.60. The van der Waals surface area contributed by atoms with Crippen LogP contribution in [0.3, 0.4) is 0 Å². The first-order valence-electron chi connectivity index (χ1n) is 10.0. The first-order valence-corrected chi connectivity index (χ1v) is 10.8. The van der Waals surface area contributed by atoms with E-state index in [4.69, 9.17) is 32.5 Å². The van der Waals surface area contributed by atoms with Crippen molar-refractivity contribution >= 4 is 35.0 Å². The molecule has 8 nitrogen and oxygen atoms in total. The number of nitrogens with zero attached hydrogens (tertiary/aromatic N) is 1. The first kappa shape index (κ1) is 21.9. The summed E-state index contributed by atoms with van der Waals surface area (Å²) in [7, 11) is 0. The van der Waals surface area contributed by atoms with Gasteiger partial charge in [-0.15, -0.1) is 0 Å². The summed E-state index contributed by atoms with van der Waals surface area (Å²) in [6.07, 6.45) is 1.92. The smallest absolute Gasteiger partial charge is 0.290 e. The van der Waals surface area contributed by atoms with Crippen molar-refractivity contribution in [3.63, 3.8) is 0 Å². The summed E-state index contributed by atoms with van der Waals surface area (Å²) in [5.74, 6) is -0.0993. The van der Waals surface area contributed by atoms with Gasteiger partial charge in [0.2, 0.25) is 5.76 Å². The van der Waals surface area contributed by atoms with Crippen molar-refractivity contribution in [1.29, 1.82) is 0 Å². The van der Waals surface area contributed by atoms with E-state index < -0.39 is 17.2 Å². The van der Waals surface area contributed by atoms with Crippen molar-refractivity contribution in [2.45, 2.75) is 56.2 Å². The van der Waals surface area contributed by atoms with Crippen LogP contribution in [-0.2, 0) is 4.79 Å². The van der Waals surface area contributed by atoms with Gasteiger partial charge in [-0.1, -0.05) is 28.4 Å². The summed E-state index contributed by atoms with van der Waals surface area (Å²) < 4.78 is 10.5. The molecular weight excluding hydrogens is 445 g/mol. The number of aliphatic hydroxyl groups excluding tert-OH is 1. The van der Waals surface area contributed by atoms with E-state index in [2.05, 4.69) is 15.8 Å². The maximum Gasteiger partial charge on any atom is 0.290 e. The Morgan fingerprint density at radius 2 is 1.94 bits per heavy atom. The number of aryl methyl sites for hydroxylation is 1. The Morgan fingerprint density at radius 1 is 1.19 bits per heavy atom. The number of aromatic nitrogens is 1. The number of fused-ring (bicyclic) bond motifs is 3. The predicted molar refractivity (Wildman–Crippen MR) is 113 cm³/mol. The Hall–Kier alpha value is -2.29. The summed E-state index contributed by atoms with van der Waals surface area (Å²) in [6, 6.07) is 6.34. The second-order valence-electron chi connectivity index (χ2n) is 8.36. The zero-order valence-electron chi connectivity index (χ0n) is 16.9. The molecule has 166 valence electrons. The van der Waals surface area contributed by atoms with Crippen LogP contribution in [0.4, 0.5) is 0 Å². The summed E-state index contributed by atoms with van der Waals surface area (Å²) in [6.45, 7) is 1.53. The van der Waals surface area contributed by atoms with Crippen molar-refractivity contribution < 1.29 is 24.0 Å². The minimum absolute atomic E-state index is 0.150. The van der Waals surface area contributed by atoms with Gasteiger partial charge in [0.1, 0.15) is 5.75 Å². The Morgan fingerprint density at radius 3 is 2.55 bits per heavy atom. The number of halogens is 2. The number of carbonyl (C=O) groups excluding carboxylic acids is 2. The van der Waals surface area contributed by atoms with Gasteiger partial charge in [0.25, 0.3) is 11.8 Å². The van der Waals surface area contributed by atoms with Gasteiger partial charge in [-0.25, -0.2) is 0 Å².